The lowest BCUT2D eigenvalue weighted by molar-refractivity contribution is -0.116. The summed E-state index contributed by atoms with van der Waals surface area (Å²) in [7, 11) is 0. The lowest BCUT2D eigenvalue weighted by atomic mass is 9.76. The van der Waals surface area contributed by atoms with E-state index in [1.54, 1.807) is 28.0 Å². The van der Waals surface area contributed by atoms with Crippen molar-refractivity contribution in [2.24, 2.45) is 5.73 Å². The summed E-state index contributed by atoms with van der Waals surface area (Å²) in [6.45, 7) is 4.20. The Morgan fingerprint density at radius 1 is 1.39 bits per heavy atom. The number of nitrogens with zero attached hydrogens (tertiary/aromatic N) is 4. The lowest BCUT2D eigenvalue weighted by Crippen LogP contribution is -2.38. The molecule has 0 bridgehead atoms. The second kappa shape index (κ2) is 7.70. The van der Waals surface area contributed by atoms with Crippen LogP contribution >= 0.6 is 34.4 Å². The van der Waals surface area contributed by atoms with Crippen LogP contribution in [0.4, 0.5) is 5.13 Å². The van der Waals surface area contributed by atoms with Gasteiger partial charge in [0.25, 0.3) is 0 Å². The number of Topliss-reactive ketones (excluding diaryl/α,β-unsaturated/α-hetero) is 1. The molecule has 0 saturated carbocycles. The maximum atomic E-state index is 12.9. The fraction of sp³-hybridized carbons (Fsp3) is 0.368. The number of carbonyl (C=O) groups excluding carboxylic acids is 1. The van der Waals surface area contributed by atoms with Crippen molar-refractivity contribution >= 4 is 45.4 Å². The van der Waals surface area contributed by atoms with Crippen LogP contribution in [0.3, 0.4) is 0 Å². The molecule has 144 valence electrons. The Labute approximate surface area is 175 Å². The molecule has 2 aromatic rings. The van der Waals surface area contributed by atoms with Gasteiger partial charge in [-0.05, 0) is 35.2 Å². The Morgan fingerprint density at radius 2 is 2.21 bits per heavy atom. The molecular weight excluding hydrogens is 410 g/mol. The van der Waals surface area contributed by atoms with Gasteiger partial charge in [0.05, 0.1) is 17.6 Å². The van der Waals surface area contributed by atoms with E-state index in [-0.39, 0.29) is 5.78 Å². The van der Waals surface area contributed by atoms with Crippen LogP contribution < -0.4 is 10.6 Å². The quantitative estimate of drug-likeness (QED) is 0.719. The normalized spacial score (nSPS) is 20.0. The van der Waals surface area contributed by atoms with Crippen molar-refractivity contribution in [1.82, 2.24) is 10.2 Å². The minimum Gasteiger partial charge on any atom is -0.384 e. The van der Waals surface area contributed by atoms with Gasteiger partial charge in [0, 0.05) is 22.9 Å². The molecule has 0 radical (unpaired) electrons. The number of ketones is 1. The van der Waals surface area contributed by atoms with Crippen LogP contribution in [0.15, 0.2) is 43.8 Å². The number of hydrogen-bond donors (Lipinski definition) is 1. The van der Waals surface area contributed by atoms with Crippen LogP contribution in [0, 0.1) is 11.3 Å². The molecule has 2 N–H and O–H groups in total. The number of thiophene rings is 1. The molecular formula is C19H19N5OS3. The summed E-state index contributed by atoms with van der Waals surface area (Å²) in [6.07, 6.45) is 2.00. The average Bonchev–Trinajstić information content (AvgIpc) is 3.32. The molecule has 2 aliphatic rings. The molecule has 0 saturated heterocycles. The molecule has 2 aromatic heterocycles. The van der Waals surface area contributed by atoms with Gasteiger partial charge in [0.15, 0.2) is 10.1 Å². The van der Waals surface area contributed by atoms with Crippen molar-refractivity contribution < 1.29 is 4.79 Å². The van der Waals surface area contributed by atoms with Crippen LogP contribution in [0.25, 0.3) is 0 Å². The van der Waals surface area contributed by atoms with Gasteiger partial charge in [-0.1, -0.05) is 36.9 Å². The predicted molar refractivity (Wildman–Crippen MR) is 113 cm³/mol. The van der Waals surface area contributed by atoms with Gasteiger partial charge in [0.1, 0.15) is 5.82 Å². The first kappa shape index (κ1) is 19.2. The molecule has 3 heterocycles. The van der Waals surface area contributed by atoms with E-state index >= 15 is 0 Å². The van der Waals surface area contributed by atoms with Crippen LogP contribution in [-0.4, -0.2) is 21.2 Å². The van der Waals surface area contributed by atoms with Crippen molar-refractivity contribution in [1.29, 1.82) is 5.26 Å². The van der Waals surface area contributed by atoms with E-state index in [2.05, 4.69) is 30.1 Å². The highest BCUT2D eigenvalue weighted by Crippen LogP contribution is 2.47. The topological polar surface area (TPSA) is 95.9 Å². The van der Waals surface area contributed by atoms with E-state index in [9.17, 15) is 10.1 Å². The first-order chi connectivity index (χ1) is 13.5. The van der Waals surface area contributed by atoms with Crippen molar-refractivity contribution in [3.63, 3.8) is 0 Å². The number of nitriles is 1. The van der Waals surface area contributed by atoms with Gasteiger partial charge in [-0.2, -0.15) is 16.6 Å². The third-order valence-electron chi connectivity index (χ3n) is 4.71. The molecule has 4 rings (SSSR count). The zero-order valence-electron chi connectivity index (χ0n) is 15.5. The Bertz CT molecular complexity index is 1010. The maximum Gasteiger partial charge on any atom is 0.219 e. The summed E-state index contributed by atoms with van der Waals surface area (Å²) >= 11 is 4.62. The third-order valence-corrected chi connectivity index (χ3v) is 7.41. The average molecular weight is 430 g/mol. The number of thioether (sulfide) groups is 1. The summed E-state index contributed by atoms with van der Waals surface area (Å²) in [5, 5.41) is 23.4. The van der Waals surface area contributed by atoms with Gasteiger partial charge in [-0.3, -0.25) is 9.69 Å². The van der Waals surface area contributed by atoms with Crippen LogP contribution in [-0.2, 0) is 4.79 Å². The van der Waals surface area contributed by atoms with Crippen molar-refractivity contribution in [2.45, 2.75) is 48.6 Å². The summed E-state index contributed by atoms with van der Waals surface area (Å²) in [5.74, 6) is 0.0427. The molecule has 0 amide bonds. The number of aromatic nitrogens is 2. The van der Waals surface area contributed by atoms with Crippen molar-refractivity contribution in [3.05, 3.63) is 45.1 Å². The molecule has 1 atom stereocenters. The first-order valence-corrected chi connectivity index (χ1v) is 11.6. The largest absolute Gasteiger partial charge is 0.384 e. The highest BCUT2D eigenvalue weighted by atomic mass is 32.2. The van der Waals surface area contributed by atoms with E-state index in [1.807, 2.05) is 16.8 Å². The molecule has 28 heavy (non-hydrogen) atoms. The first-order valence-electron chi connectivity index (χ1n) is 8.99. The maximum absolute atomic E-state index is 12.9. The monoisotopic (exact) mass is 429 g/mol. The Kier molecular flexibility index (Phi) is 5.27. The summed E-state index contributed by atoms with van der Waals surface area (Å²) in [6, 6.07) is 4.23. The molecule has 0 unspecified atom stereocenters. The van der Waals surface area contributed by atoms with Crippen molar-refractivity contribution in [3.8, 4) is 6.07 Å². The van der Waals surface area contributed by atoms with E-state index in [1.165, 1.54) is 11.3 Å². The SMILES string of the molecule is CC(C)Sc1nnc(N2C(N)=C(C#N)[C@@H](c3ccsc3)C3=C2CCCC3=O)s1. The van der Waals surface area contributed by atoms with Gasteiger partial charge in [-0.25, -0.2) is 0 Å². The minimum atomic E-state index is -0.396. The fourth-order valence-corrected chi connectivity index (χ4v) is 6.41. The predicted octanol–water partition coefficient (Wildman–Crippen LogP) is 4.40. The van der Waals surface area contributed by atoms with E-state index in [4.69, 9.17) is 5.73 Å². The van der Waals surface area contributed by atoms with Gasteiger partial charge in [0.2, 0.25) is 5.13 Å². The number of nitrogens with two attached hydrogens (primary N) is 1. The third kappa shape index (κ3) is 3.26. The second-order valence-electron chi connectivity index (χ2n) is 6.89. The minimum absolute atomic E-state index is 0.0870. The summed E-state index contributed by atoms with van der Waals surface area (Å²) in [5.41, 5.74) is 9.39. The van der Waals surface area contributed by atoms with Gasteiger partial charge >= 0.3 is 0 Å². The molecule has 0 spiro atoms. The standard InChI is InChI=1S/C19H19N5OS3/c1-10(2)27-19-23-22-18(28-19)24-13-4-3-5-14(25)16(13)15(11-6-7-26-9-11)12(8-20)17(24)21/h6-7,9-10,15H,3-5,21H2,1-2H3/t15-/m1/s1. The Balaban J connectivity index is 1.87. The number of anilines is 1. The van der Waals surface area contributed by atoms with Crippen molar-refractivity contribution in [2.75, 3.05) is 4.90 Å². The van der Waals surface area contributed by atoms with Crippen LogP contribution in [0.2, 0.25) is 0 Å². The zero-order valence-corrected chi connectivity index (χ0v) is 18.0. The molecule has 6 nitrogen and oxygen atoms in total. The number of hydrogen-bond acceptors (Lipinski definition) is 9. The second-order valence-corrected chi connectivity index (χ2v) is 10.4. The smallest absolute Gasteiger partial charge is 0.219 e. The van der Waals surface area contributed by atoms with E-state index in [0.717, 1.165) is 28.4 Å². The Morgan fingerprint density at radius 3 is 2.89 bits per heavy atom. The molecule has 1 aliphatic carbocycles. The molecule has 0 aromatic carbocycles. The van der Waals surface area contributed by atoms with Gasteiger partial charge < -0.3 is 5.73 Å². The van der Waals surface area contributed by atoms with Crippen LogP contribution in [0.5, 0.6) is 0 Å². The lowest BCUT2D eigenvalue weighted by Gasteiger charge is -2.37. The highest BCUT2D eigenvalue weighted by molar-refractivity contribution is 8.01. The van der Waals surface area contributed by atoms with Gasteiger partial charge in [-0.15, -0.1) is 10.2 Å². The molecule has 0 fully saturated rings. The van der Waals surface area contributed by atoms with Crippen LogP contribution in [0.1, 0.15) is 44.6 Å². The number of allylic oxidation sites excluding steroid dienone is 3. The zero-order chi connectivity index (χ0) is 19.8. The summed E-state index contributed by atoms with van der Waals surface area (Å²) in [4.78, 5) is 14.7. The molecule has 9 heteroatoms. The van der Waals surface area contributed by atoms with E-state index < -0.39 is 5.92 Å². The highest BCUT2D eigenvalue weighted by Gasteiger charge is 2.41. The number of carbonyl (C=O) groups is 1. The Hall–Kier alpha value is -2.15. The number of rotatable bonds is 4. The summed E-state index contributed by atoms with van der Waals surface area (Å²) < 4.78 is 0.848. The van der Waals surface area contributed by atoms with E-state index in [0.29, 0.717) is 33.8 Å². The fourth-order valence-electron chi connectivity index (χ4n) is 3.62. The molecule has 1 aliphatic heterocycles.